The molecule has 0 spiro atoms. The summed E-state index contributed by atoms with van der Waals surface area (Å²) in [4.78, 5) is 0. The predicted molar refractivity (Wildman–Crippen MR) is 95.0 cm³/mol. The van der Waals surface area contributed by atoms with Crippen molar-refractivity contribution in [3.63, 3.8) is 0 Å². The zero-order valence-electron chi connectivity index (χ0n) is 15.8. The van der Waals surface area contributed by atoms with Crippen LogP contribution in [0.5, 0.6) is 0 Å². The van der Waals surface area contributed by atoms with Crippen molar-refractivity contribution in [2.45, 2.75) is 98.2 Å². The Morgan fingerprint density at radius 1 is 0.727 bits per heavy atom. The highest BCUT2D eigenvalue weighted by molar-refractivity contribution is 4.69. The lowest BCUT2D eigenvalue weighted by atomic mass is 9.91. The monoisotopic (exact) mass is 312 g/mol. The van der Waals surface area contributed by atoms with Crippen molar-refractivity contribution >= 4 is 0 Å². The van der Waals surface area contributed by atoms with Crippen LogP contribution < -0.4 is 0 Å². The highest BCUT2D eigenvalue weighted by atomic mass is 16.7. The van der Waals surface area contributed by atoms with Gasteiger partial charge in [-0.05, 0) is 31.1 Å². The van der Waals surface area contributed by atoms with Crippen LogP contribution in [-0.4, -0.2) is 19.0 Å². The maximum atomic E-state index is 5.67. The Balaban J connectivity index is 1.97. The Kier molecular flexibility index (Phi) is 9.66. The van der Waals surface area contributed by atoms with Crippen molar-refractivity contribution in [1.29, 1.82) is 0 Å². The molecule has 0 aromatic rings. The highest BCUT2D eigenvalue weighted by Gasteiger charge is 2.30. The van der Waals surface area contributed by atoms with Gasteiger partial charge in [-0.25, -0.2) is 0 Å². The normalized spacial score (nSPS) is 20.5. The van der Waals surface area contributed by atoms with Gasteiger partial charge >= 0.3 is 0 Å². The van der Waals surface area contributed by atoms with E-state index in [-0.39, 0.29) is 5.79 Å². The first-order valence-corrected chi connectivity index (χ1v) is 9.69. The number of hydrogen-bond donors (Lipinski definition) is 0. The summed E-state index contributed by atoms with van der Waals surface area (Å²) in [5.41, 5.74) is 0. The maximum Gasteiger partial charge on any atom is 0.165 e. The van der Waals surface area contributed by atoms with Crippen LogP contribution in [0.15, 0.2) is 0 Å². The largest absolute Gasteiger partial charge is 0.348 e. The summed E-state index contributed by atoms with van der Waals surface area (Å²) in [5.74, 6) is 2.32. The van der Waals surface area contributed by atoms with E-state index in [9.17, 15) is 0 Å². The Morgan fingerprint density at radius 3 is 1.68 bits per heavy atom. The number of hydrogen-bond acceptors (Lipinski definition) is 2. The molecule has 1 rings (SSSR count). The van der Waals surface area contributed by atoms with E-state index >= 15 is 0 Å². The van der Waals surface area contributed by atoms with E-state index in [4.69, 9.17) is 9.47 Å². The van der Waals surface area contributed by atoms with Crippen LogP contribution in [-0.2, 0) is 9.47 Å². The third-order valence-electron chi connectivity index (χ3n) is 5.10. The molecule has 0 aliphatic carbocycles. The second-order valence-corrected chi connectivity index (χ2v) is 8.19. The van der Waals surface area contributed by atoms with Crippen molar-refractivity contribution in [2.24, 2.45) is 17.8 Å². The first-order valence-electron chi connectivity index (χ1n) is 9.69. The van der Waals surface area contributed by atoms with Crippen LogP contribution in [0.25, 0.3) is 0 Å². The third-order valence-corrected chi connectivity index (χ3v) is 5.10. The van der Waals surface area contributed by atoms with Gasteiger partial charge in [-0.2, -0.15) is 0 Å². The van der Waals surface area contributed by atoms with Crippen molar-refractivity contribution < 1.29 is 9.47 Å². The van der Waals surface area contributed by atoms with Crippen LogP contribution in [0.2, 0.25) is 0 Å². The summed E-state index contributed by atoms with van der Waals surface area (Å²) in [6, 6.07) is 0. The van der Waals surface area contributed by atoms with E-state index < -0.39 is 0 Å². The molecule has 1 saturated heterocycles. The van der Waals surface area contributed by atoms with Gasteiger partial charge < -0.3 is 9.47 Å². The zero-order chi connectivity index (χ0) is 16.4. The highest BCUT2D eigenvalue weighted by Crippen LogP contribution is 2.27. The molecule has 22 heavy (non-hydrogen) atoms. The fraction of sp³-hybridized carbons (Fsp3) is 1.00. The van der Waals surface area contributed by atoms with E-state index in [1.165, 1.54) is 51.4 Å². The molecule has 0 radical (unpaired) electrons. The molecular weight excluding hydrogens is 272 g/mol. The summed E-state index contributed by atoms with van der Waals surface area (Å²) >= 11 is 0. The zero-order valence-corrected chi connectivity index (χ0v) is 15.8. The molecule has 0 bridgehead atoms. The SMILES string of the molecule is CC(C)CCC[C@@H](C)CCC[C@H](C)CCCC1(C)OCCO1. The Morgan fingerprint density at radius 2 is 1.18 bits per heavy atom. The van der Waals surface area contributed by atoms with Crippen LogP contribution in [0.4, 0.5) is 0 Å². The molecule has 2 nitrogen and oxygen atoms in total. The molecule has 0 unspecified atom stereocenters. The quantitative estimate of drug-likeness (QED) is 0.428. The molecule has 0 aromatic heterocycles. The predicted octanol–water partition coefficient (Wildman–Crippen LogP) is 6.19. The summed E-state index contributed by atoms with van der Waals surface area (Å²) in [6.45, 7) is 13.1. The standard InChI is InChI=1S/C20H40O2/c1-17(2)9-6-10-18(3)11-7-12-19(4)13-8-14-20(5)21-15-16-22-20/h17-19H,6-16H2,1-5H3/t18-,19+/m1/s1. The first kappa shape index (κ1) is 20.0. The Hall–Kier alpha value is -0.0800. The Labute approximate surface area is 139 Å². The first-order chi connectivity index (χ1) is 10.4. The molecule has 0 aromatic carbocycles. The topological polar surface area (TPSA) is 18.5 Å². The van der Waals surface area contributed by atoms with Crippen molar-refractivity contribution in [3.05, 3.63) is 0 Å². The fourth-order valence-electron chi connectivity index (χ4n) is 3.45. The van der Waals surface area contributed by atoms with Gasteiger partial charge in [0.1, 0.15) is 0 Å². The van der Waals surface area contributed by atoms with Crippen LogP contribution in [0, 0.1) is 17.8 Å². The molecular formula is C20H40O2. The summed E-state index contributed by atoms with van der Waals surface area (Å²) in [5, 5.41) is 0. The minimum absolute atomic E-state index is 0.287. The third kappa shape index (κ3) is 9.15. The van der Waals surface area contributed by atoms with Gasteiger partial charge in [0, 0.05) is 6.42 Å². The summed E-state index contributed by atoms with van der Waals surface area (Å²) < 4.78 is 11.3. The molecule has 2 heteroatoms. The molecule has 1 aliphatic rings. The fourth-order valence-corrected chi connectivity index (χ4v) is 3.45. The van der Waals surface area contributed by atoms with Gasteiger partial charge in [-0.3, -0.25) is 0 Å². The van der Waals surface area contributed by atoms with E-state index in [0.29, 0.717) is 0 Å². The van der Waals surface area contributed by atoms with E-state index in [0.717, 1.165) is 37.4 Å². The second kappa shape index (κ2) is 10.6. The summed E-state index contributed by atoms with van der Waals surface area (Å²) in [7, 11) is 0. The van der Waals surface area contributed by atoms with Gasteiger partial charge in [-0.15, -0.1) is 0 Å². The molecule has 132 valence electrons. The van der Waals surface area contributed by atoms with Crippen LogP contribution in [0.3, 0.4) is 0 Å². The number of ether oxygens (including phenoxy) is 2. The second-order valence-electron chi connectivity index (χ2n) is 8.19. The number of rotatable bonds is 12. The Bertz CT molecular complexity index is 269. The van der Waals surface area contributed by atoms with Crippen molar-refractivity contribution in [1.82, 2.24) is 0 Å². The van der Waals surface area contributed by atoms with Gasteiger partial charge in [0.05, 0.1) is 13.2 Å². The smallest absolute Gasteiger partial charge is 0.165 e. The van der Waals surface area contributed by atoms with Gasteiger partial charge in [0.2, 0.25) is 0 Å². The maximum absolute atomic E-state index is 5.67. The average molecular weight is 313 g/mol. The van der Waals surface area contributed by atoms with Gasteiger partial charge in [-0.1, -0.05) is 72.6 Å². The minimum atomic E-state index is -0.287. The minimum Gasteiger partial charge on any atom is -0.348 e. The van der Waals surface area contributed by atoms with Gasteiger partial charge in [0.15, 0.2) is 5.79 Å². The lowest BCUT2D eigenvalue weighted by Crippen LogP contribution is -2.25. The van der Waals surface area contributed by atoms with Crippen molar-refractivity contribution in [2.75, 3.05) is 13.2 Å². The molecule has 0 N–H and O–H groups in total. The summed E-state index contributed by atoms with van der Waals surface area (Å²) in [6.07, 6.45) is 12.0. The molecule has 0 saturated carbocycles. The van der Waals surface area contributed by atoms with Crippen LogP contribution in [0.1, 0.15) is 92.4 Å². The molecule has 0 amide bonds. The van der Waals surface area contributed by atoms with E-state index in [1.807, 2.05) is 0 Å². The molecule has 1 heterocycles. The molecule has 2 atom stereocenters. The van der Waals surface area contributed by atoms with Gasteiger partial charge in [0.25, 0.3) is 0 Å². The lowest BCUT2D eigenvalue weighted by Gasteiger charge is -2.23. The van der Waals surface area contributed by atoms with Crippen molar-refractivity contribution in [3.8, 4) is 0 Å². The van der Waals surface area contributed by atoms with E-state index in [1.54, 1.807) is 0 Å². The lowest BCUT2D eigenvalue weighted by molar-refractivity contribution is -0.147. The van der Waals surface area contributed by atoms with Crippen LogP contribution >= 0.6 is 0 Å². The molecule has 1 fully saturated rings. The van der Waals surface area contributed by atoms with E-state index in [2.05, 4.69) is 34.6 Å². The average Bonchev–Trinajstić information content (AvgIpc) is 2.85. The molecule has 1 aliphatic heterocycles.